The molecule has 0 saturated heterocycles. The van der Waals surface area contributed by atoms with Crippen molar-refractivity contribution in [3.05, 3.63) is 53.2 Å². The SMILES string of the molecule is CCN(C(=O)c1cc(-c2cnn(C(=NC)C(OC(F)F)=C(N)C(F)(F)C(F)(F)F)c2)ccc1C#N)C1CC1. The Morgan fingerprint density at radius 2 is 1.95 bits per heavy atom. The van der Waals surface area contributed by atoms with Gasteiger partial charge in [-0.1, -0.05) is 6.07 Å². The first kappa shape index (κ1) is 28.5. The van der Waals surface area contributed by atoms with Gasteiger partial charge in [0.25, 0.3) is 5.91 Å². The summed E-state index contributed by atoms with van der Waals surface area (Å²) >= 11 is 0. The summed E-state index contributed by atoms with van der Waals surface area (Å²) in [5.74, 6) is -8.79. The van der Waals surface area contributed by atoms with E-state index in [1.54, 1.807) is 11.8 Å². The number of nitriles is 1. The predicted octanol–water partition coefficient (Wildman–Crippen LogP) is 4.53. The average molecular weight is 546 g/mol. The number of allylic oxidation sites excluding steroid dienone is 2. The summed E-state index contributed by atoms with van der Waals surface area (Å²) < 4.78 is 96.8. The summed E-state index contributed by atoms with van der Waals surface area (Å²) in [6, 6.07) is 6.23. The van der Waals surface area contributed by atoms with Gasteiger partial charge in [0.2, 0.25) is 0 Å². The van der Waals surface area contributed by atoms with Crippen LogP contribution in [0.3, 0.4) is 0 Å². The molecule has 1 aliphatic carbocycles. The summed E-state index contributed by atoms with van der Waals surface area (Å²) in [5.41, 5.74) is 3.33. The Kier molecular flexibility index (Phi) is 8.03. The predicted molar refractivity (Wildman–Crippen MR) is 120 cm³/mol. The van der Waals surface area contributed by atoms with Gasteiger partial charge in [0.15, 0.2) is 11.6 Å². The van der Waals surface area contributed by atoms with Crippen LogP contribution in [-0.4, -0.2) is 64.8 Å². The van der Waals surface area contributed by atoms with Crippen molar-refractivity contribution in [1.82, 2.24) is 14.7 Å². The van der Waals surface area contributed by atoms with Gasteiger partial charge in [-0.05, 0) is 37.5 Å². The van der Waals surface area contributed by atoms with Gasteiger partial charge in [-0.2, -0.15) is 41.1 Å². The molecule has 1 amide bonds. The molecule has 1 aromatic carbocycles. The number of carbonyl (C=O) groups is 1. The zero-order chi connectivity index (χ0) is 28.4. The lowest BCUT2D eigenvalue weighted by Gasteiger charge is -2.23. The van der Waals surface area contributed by atoms with Crippen LogP contribution in [0.1, 0.15) is 35.7 Å². The van der Waals surface area contributed by atoms with E-state index in [0.717, 1.165) is 32.3 Å². The van der Waals surface area contributed by atoms with Crippen molar-refractivity contribution in [1.29, 1.82) is 5.26 Å². The lowest BCUT2D eigenvalue weighted by Crippen LogP contribution is -2.43. The van der Waals surface area contributed by atoms with Crippen molar-refractivity contribution in [2.24, 2.45) is 10.7 Å². The van der Waals surface area contributed by atoms with Gasteiger partial charge in [0.05, 0.1) is 23.4 Å². The number of nitrogens with zero attached hydrogens (tertiary/aromatic N) is 5. The first-order chi connectivity index (χ1) is 17.8. The lowest BCUT2D eigenvalue weighted by atomic mass is 10.0. The van der Waals surface area contributed by atoms with E-state index in [2.05, 4.69) is 14.8 Å². The molecule has 2 N–H and O–H groups in total. The highest BCUT2D eigenvalue weighted by Crippen LogP contribution is 2.41. The summed E-state index contributed by atoms with van der Waals surface area (Å²) in [6.07, 6.45) is -2.35. The van der Waals surface area contributed by atoms with Gasteiger partial charge in [0.1, 0.15) is 5.70 Å². The zero-order valence-electron chi connectivity index (χ0n) is 19.9. The van der Waals surface area contributed by atoms with E-state index in [-0.39, 0.29) is 28.6 Å². The van der Waals surface area contributed by atoms with Gasteiger partial charge >= 0.3 is 18.7 Å². The van der Waals surface area contributed by atoms with Crippen LogP contribution in [0, 0.1) is 11.3 Å². The van der Waals surface area contributed by atoms with E-state index >= 15 is 0 Å². The molecular weight excluding hydrogens is 525 g/mol. The maximum absolute atomic E-state index is 13.9. The minimum atomic E-state index is -6.21. The molecule has 15 heteroatoms. The molecule has 0 spiro atoms. The Hall–Kier alpha value is -4.09. The number of rotatable bonds is 8. The average Bonchev–Trinajstić information content (AvgIpc) is 3.58. The Balaban J connectivity index is 2.06. The largest absolute Gasteiger partial charge is 0.459 e. The second-order valence-electron chi connectivity index (χ2n) is 8.11. The number of hydrogen-bond acceptors (Lipinski definition) is 6. The summed E-state index contributed by atoms with van der Waals surface area (Å²) in [5, 5.41) is 13.3. The van der Waals surface area contributed by atoms with Crippen LogP contribution in [0.25, 0.3) is 11.1 Å². The minimum absolute atomic E-state index is 0.0640. The van der Waals surface area contributed by atoms with Gasteiger partial charge < -0.3 is 15.4 Å². The first-order valence-electron chi connectivity index (χ1n) is 11.0. The molecule has 1 saturated carbocycles. The van der Waals surface area contributed by atoms with Crippen LogP contribution in [-0.2, 0) is 4.74 Å². The number of hydrogen-bond donors (Lipinski definition) is 1. The van der Waals surface area contributed by atoms with E-state index in [0.29, 0.717) is 16.8 Å². The van der Waals surface area contributed by atoms with Gasteiger partial charge in [-0.15, -0.1) is 0 Å². The van der Waals surface area contributed by atoms with Crippen LogP contribution in [0.2, 0.25) is 0 Å². The highest BCUT2D eigenvalue weighted by Gasteiger charge is 2.61. The summed E-state index contributed by atoms with van der Waals surface area (Å²) in [6.45, 7) is -1.61. The Labute approximate surface area is 211 Å². The number of aromatic nitrogens is 2. The van der Waals surface area contributed by atoms with E-state index in [1.165, 1.54) is 18.2 Å². The molecule has 0 atom stereocenters. The van der Waals surface area contributed by atoms with Crippen LogP contribution in [0.5, 0.6) is 0 Å². The van der Waals surface area contributed by atoms with E-state index in [4.69, 9.17) is 5.73 Å². The number of ether oxygens (including phenoxy) is 1. The molecule has 1 fully saturated rings. The second-order valence-corrected chi connectivity index (χ2v) is 8.11. The molecule has 1 aromatic heterocycles. The third kappa shape index (κ3) is 5.58. The van der Waals surface area contributed by atoms with Crippen molar-refractivity contribution >= 4 is 11.7 Å². The number of halogens is 7. The molecule has 8 nitrogen and oxygen atoms in total. The van der Waals surface area contributed by atoms with Gasteiger partial charge in [0, 0.05) is 31.4 Å². The molecule has 3 rings (SSSR count). The number of nitrogens with two attached hydrogens (primary N) is 1. The molecule has 1 heterocycles. The van der Waals surface area contributed by atoms with Crippen LogP contribution in [0.15, 0.2) is 47.0 Å². The van der Waals surface area contributed by atoms with Crippen LogP contribution >= 0.6 is 0 Å². The van der Waals surface area contributed by atoms with E-state index < -0.39 is 36.0 Å². The second kappa shape index (κ2) is 10.7. The fourth-order valence-electron chi connectivity index (χ4n) is 3.62. The lowest BCUT2D eigenvalue weighted by molar-refractivity contribution is -0.266. The minimum Gasteiger partial charge on any atom is -0.429 e. The van der Waals surface area contributed by atoms with Gasteiger partial charge in [-0.25, -0.2) is 4.68 Å². The molecule has 1 aliphatic rings. The first-order valence-corrected chi connectivity index (χ1v) is 11.0. The molecule has 204 valence electrons. The van der Waals surface area contributed by atoms with Crippen LogP contribution in [0.4, 0.5) is 30.7 Å². The van der Waals surface area contributed by atoms with Crippen molar-refractivity contribution in [2.75, 3.05) is 13.6 Å². The number of aliphatic imine (C=N–C) groups is 1. The standard InChI is InChI=1S/C23H21F7N6O2/c1-3-35(15-6-7-15)20(37)16-8-12(4-5-13(16)9-31)14-10-34-36(11-14)19(33-2)17(38-21(24)25)18(32)22(26,27)23(28,29)30/h4-5,8,10-11,15,21H,3,6-7,32H2,1-2H3. The molecule has 0 unspecified atom stereocenters. The number of carbonyl (C=O) groups excluding carboxylic acids is 1. The molecule has 0 bridgehead atoms. The Morgan fingerprint density at radius 3 is 2.45 bits per heavy atom. The smallest absolute Gasteiger partial charge is 0.429 e. The van der Waals surface area contributed by atoms with Crippen molar-refractivity contribution in [2.45, 2.75) is 44.5 Å². The van der Waals surface area contributed by atoms with Crippen molar-refractivity contribution in [3.63, 3.8) is 0 Å². The maximum Gasteiger partial charge on any atom is 0.459 e. The highest BCUT2D eigenvalue weighted by molar-refractivity contribution is 6.00. The summed E-state index contributed by atoms with van der Waals surface area (Å²) in [4.78, 5) is 18.2. The molecule has 38 heavy (non-hydrogen) atoms. The number of benzene rings is 1. The molecule has 2 aromatic rings. The van der Waals surface area contributed by atoms with Crippen molar-refractivity contribution < 1.29 is 40.3 Å². The highest BCUT2D eigenvalue weighted by atomic mass is 19.4. The van der Waals surface area contributed by atoms with E-state index in [1.807, 2.05) is 6.07 Å². The fourth-order valence-corrected chi connectivity index (χ4v) is 3.62. The third-order valence-corrected chi connectivity index (χ3v) is 5.65. The third-order valence-electron chi connectivity index (χ3n) is 5.65. The van der Waals surface area contributed by atoms with Crippen molar-refractivity contribution in [3.8, 4) is 17.2 Å². The summed E-state index contributed by atoms with van der Waals surface area (Å²) in [7, 11) is 0.917. The Morgan fingerprint density at radius 1 is 1.29 bits per heavy atom. The maximum atomic E-state index is 13.9. The molecule has 0 aliphatic heterocycles. The van der Waals surface area contributed by atoms with Crippen LogP contribution < -0.4 is 5.73 Å². The quantitative estimate of drug-likeness (QED) is 0.227. The van der Waals surface area contributed by atoms with Gasteiger partial charge in [-0.3, -0.25) is 9.79 Å². The number of amides is 1. The normalized spacial score (nSPS) is 15.2. The fraction of sp³-hybridized carbons (Fsp3) is 0.391. The number of alkyl halides is 7. The monoisotopic (exact) mass is 546 g/mol. The zero-order valence-corrected chi connectivity index (χ0v) is 19.9. The van der Waals surface area contributed by atoms with E-state index in [9.17, 15) is 40.8 Å². The molecule has 0 radical (unpaired) electrons. The topological polar surface area (TPSA) is 110 Å². The molecular formula is C23H21F7N6O2. The Bertz CT molecular complexity index is 1310.